The predicted molar refractivity (Wildman–Crippen MR) is 232 cm³/mol. The first-order chi connectivity index (χ1) is 27.2. The smallest absolute Gasteiger partial charge is 0.0542 e. The zero-order chi connectivity index (χ0) is 35.8. The van der Waals surface area contributed by atoms with E-state index in [2.05, 4.69) is 167 Å². The van der Waals surface area contributed by atoms with Crippen molar-refractivity contribution < 1.29 is 0 Å². The molecule has 0 saturated heterocycles. The molecule has 14 rings (SSSR count). The number of fused-ring (bicyclic) bond motifs is 9. The number of anilines is 3. The van der Waals surface area contributed by atoms with Gasteiger partial charge >= 0.3 is 0 Å². The van der Waals surface area contributed by atoms with Crippen LogP contribution in [0.5, 0.6) is 0 Å². The Labute approximate surface area is 325 Å². The molecule has 7 aromatic carbocycles. The highest BCUT2D eigenvalue weighted by Gasteiger charge is 2.61. The maximum Gasteiger partial charge on any atom is 0.0542 e. The summed E-state index contributed by atoms with van der Waals surface area (Å²) in [6, 6.07) is 59.9. The molecular formula is C52H40N2S. The average molecular weight is 725 g/mol. The Hall–Kier alpha value is -5.64. The molecule has 0 atom stereocenters. The van der Waals surface area contributed by atoms with Gasteiger partial charge in [-0.1, -0.05) is 84.9 Å². The Balaban J connectivity index is 1.06. The second-order valence-electron chi connectivity index (χ2n) is 17.0. The van der Waals surface area contributed by atoms with E-state index in [-0.39, 0.29) is 5.41 Å². The molecule has 55 heavy (non-hydrogen) atoms. The molecule has 0 unspecified atom stereocenters. The largest absolute Gasteiger partial charge is 0.310 e. The average Bonchev–Trinajstić information content (AvgIpc) is 3.86. The lowest BCUT2D eigenvalue weighted by atomic mass is 9.43. The standard InChI is InChI=1S/C52H40N2S/c1-2-10-36(11-3-1)54-48-16-8-5-13-42(48)44-29-37(19-22-49(44)54)53(38-20-23-51-45(30-38)43-14-6-9-17-50(43)55-51)39-18-21-41-40-12-4-7-15-46(40)52(47(41)31-39)34-25-32-24-33(27-34)28-35(52)26-32/h1-23,29-35H,24-28H2. The van der Waals surface area contributed by atoms with Crippen LogP contribution in [0.4, 0.5) is 17.1 Å². The summed E-state index contributed by atoms with van der Waals surface area (Å²) in [4.78, 5) is 2.56. The fourth-order valence-corrected chi connectivity index (χ4v) is 13.6. The van der Waals surface area contributed by atoms with Crippen LogP contribution in [0.25, 0.3) is 58.8 Å². The van der Waals surface area contributed by atoms with Crippen LogP contribution in [0.1, 0.15) is 43.2 Å². The van der Waals surface area contributed by atoms with Crippen LogP contribution < -0.4 is 4.90 Å². The second kappa shape index (κ2) is 11.2. The van der Waals surface area contributed by atoms with Gasteiger partial charge in [0.15, 0.2) is 0 Å². The van der Waals surface area contributed by atoms with Crippen molar-refractivity contribution >= 4 is 70.4 Å². The second-order valence-corrected chi connectivity index (χ2v) is 18.0. The number of hydrogen-bond acceptors (Lipinski definition) is 2. The zero-order valence-electron chi connectivity index (χ0n) is 30.7. The molecule has 264 valence electrons. The van der Waals surface area contributed by atoms with Gasteiger partial charge in [-0.05, 0) is 151 Å². The van der Waals surface area contributed by atoms with Crippen molar-refractivity contribution in [2.24, 2.45) is 23.7 Å². The maximum absolute atomic E-state index is 2.64. The summed E-state index contributed by atoms with van der Waals surface area (Å²) >= 11 is 1.89. The fraction of sp³-hybridized carbons (Fsp3) is 0.192. The summed E-state index contributed by atoms with van der Waals surface area (Å²) in [6.45, 7) is 0. The van der Waals surface area contributed by atoms with Crippen molar-refractivity contribution in [3.63, 3.8) is 0 Å². The SMILES string of the molecule is c1ccc(-n2c3ccccc3c3cc(N(c4ccc5c(c4)C4(c6ccccc6-5)C5CC6CC(C5)CC4C6)c4ccc5sc6ccccc6c5c4)ccc32)cc1. The summed E-state index contributed by atoms with van der Waals surface area (Å²) in [7, 11) is 0. The topological polar surface area (TPSA) is 8.17 Å². The Kier molecular flexibility index (Phi) is 6.25. The van der Waals surface area contributed by atoms with Crippen LogP contribution >= 0.6 is 11.3 Å². The van der Waals surface area contributed by atoms with E-state index in [9.17, 15) is 0 Å². The molecule has 2 heterocycles. The highest BCUT2D eigenvalue weighted by atomic mass is 32.1. The van der Waals surface area contributed by atoms with Crippen molar-refractivity contribution in [1.29, 1.82) is 0 Å². The van der Waals surface area contributed by atoms with Crippen molar-refractivity contribution in [2.45, 2.75) is 37.5 Å². The Morgan fingerprint density at radius 2 is 1.05 bits per heavy atom. The minimum atomic E-state index is 0.113. The zero-order valence-corrected chi connectivity index (χ0v) is 31.5. The quantitative estimate of drug-likeness (QED) is 0.175. The van der Waals surface area contributed by atoms with Crippen molar-refractivity contribution in [2.75, 3.05) is 4.90 Å². The third kappa shape index (κ3) is 4.14. The van der Waals surface area contributed by atoms with Crippen LogP contribution in [-0.4, -0.2) is 4.57 Å². The Morgan fingerprint density at radius 3 is 1.89 bits per heavy atom. The molecule has 4 fully saturated rings. The number of thiophene rings is 1. The van der Waals surface area contributed by atoms with Gasteiger partial charge in [-0.2, -0.15) is 0 Å². The van der Waals surface area contributed by atoms with Gasteiger partial charge in [0.25, 0.3) is 0 Å². The lowest BCUT2D eigenvalue weighted by molar-refractivity contribution is -0.0399. The van der Waals surface area contributed by atoms with E-state index in [4.69, 9.17) is 0 Å². The predicted octanol–water partition coefficient (Wildman–Crippen LogP) is 14.3. The van der Waals surface area contributed by atoms with Gasteiger partial charge in [-0.15, -0.1) is 11.3 Å². The molecule has 9 aromatic rings. The molecule has 4 saturated carbocycles. The number of hydrogen-bond donors (Lipinski definition) is 0. The van der Waals surface area contributed by atoms with E-state index in [0.29, 0.717) is 0 Å². The summed E-state index contributed by atoms with van der Waals surface area (Å²) in [5.41, 5.74) is 13.6. The molecular weight excluding hydrogens is 685 g/mol. The molecule has 4 bridgehead atoms. The highest BCUT2D eigenvalue weighted by Crippen LogP contribution is 2.69. The third-order valence-corrected chi connectivity index (χ3v) is 15.5. The Bertz CT molecular complexity index is 2990. The number of rotatable bonds is 4. The van der Waals surface area contributed by atoms with E-state index in [0.717, 1.165) is 23.7 Å². The van der Waals surface area contributed by atoms with Gasteiger partial charge in [0.2, 0.25) is 0 Å². The molecule has 0 amide bonds. The number of nitrogens with zero attached hydrogens (tertiary/aromatic N) is 2. The van der Waals surface area contributed by atoms with Crippen LogP contribution in [0.15, 0.2) is 158 Å². The van der Waals surface area contributed by atoms with Crippen molar-refractivity contribution in [3.05, 3.63) is 169 Å². The summed E-state index contributed by atoms with van der Waals surface area (Å²) < 4.78 is 5.10. The Morgan fingerprint density at radius 1 is 0.455 bits per heavy atom. The van der Waals surface area contributed by atoms with Crippen LogP contribution in [0, 0.1) is 23.7 Å². The fourth-order valence-electron chi connectivity index (χ4n) is 12.5. The van der Waals surface area contributed by atoms with Crippen LogP contribution in [-0.2, 0) is 5.41 Å². The molecule has 1 spiro atoms. The molecule has 3 heteroatoms. The molecule has 5 aliphatic rings. The first-order valence-corrected chi connectivity index (χ1v) is 21.1. The maximum atomic E-state index is 2.64. The minimum absolute atomic E-state index is 0.113. The minimum Gasteiger partial charge on any atom is -0.310 e. The number of para-hydroxylation sites is 2. The van der Waals surface area contributed by atoms with Gasteiger partial charge in [0.05, 0.1) is 11.0 Å². The van der Waals surface area contributed by atoms with Gasteiger partial charge in [0, 0.05) is 59.1 Å². The van der Waals surface area contributed by atoms with Gasteiger partial charge < -0.3 is 9.47 Å². The third-order valence-electron chi connectivity index (χ3n) is 14.3. The first-order valence-electron chi connectivity index (χ1n) is 20.3. The van der Waals surface area contributed by atoms with Crippen LogP contribution in [0.3, 0.4) is 0 Å². The van der Waals surface area contributed by atoms with Crippen molar-refractivity contribution in [3.8, 4) is 16.8 Å². The monoisotopic (exact) mass is 724 g/mol. The van der Waals surface area contributed by atoms with Gasteiger partial charge in [-0.25, -0.2) is 0 Å². The molecule has 0 N–H and O–H groups in total. The molecule has 2 aromatic heterocycles. The molecule has 0 aliphatic heterocycles. The van der Waals surface area contributed by atoms with Gasteiger partial charge in [0.1, 0.15) is 0 Å². The molecule has 5 aliphatic carbocycles. The van der Waals surface area contributed by atoms with E-state index in [1.54, 1.807) is 11.1 Å². The molecule has 2 nitrogen and oxygen atoms in total. The number of benzene rings is 7. The normalized spacial score (nSPS) is 23.3. The van der Waals surface area contributed by atoms with E-state index in [1.165, 1.54) is 108 Å². The van der Waals surface area contributed by atoms with Gasteiger partial charge in [-0.3, -0.25) is 0 Å². The lowest BCUT2D eigenvalue weighted by Gasteiger charge is -2.61. The summed E-state index contributed by atoms with van der Waals surface area (Å²) in [5.74, 6) is 3.29. The summed E-state index contributed by atoms with van der Waals surface area (Å²) in [6.07, 6.45) is 7.02. The number of aromatic nitrogens is 1. The van der Waals surface area contributed by atoms with E-state index < -0.39 is 0 Å². The molecule has 0 radical (unpaired) electrons. The lowest BCUT2D eigenvalue weighted by Crippen LogP contribution is -2.55. The first kappa shape index (κ1) is 30.7. The van der Waals surface area contributed by atoms with Crippen molar-refractivity contribution in [1.82, 2.24) is 4.57 Å². The van der Waals surface area contributed by atoms with E-state index >= 15 is 0 Å². The highest BCUT2D eigenvalue weighted by molar-refractivity contribution is 7.25. The summed E-state index contributed by atoms with van der Waals surface area (Å²) in [5, 5.41) is 5.22. The van der Waals surface area contributed by atoms with Crippen LogP contribution in [0.2, 0.25) is 0 Å². The van der Waals surface area contributed by atoms with E-state index in [1.807, 2.05) is 11.3 Å².